The van der Waals surface area contributed by atoms with Gasteiger partial charge in [0.05, 0.1) is 18.1 Å². The summed E-state index contributed by atoms with van der Waals surface area (Å²) in [5, 5.41) is 0.618. The number of methoxy groups -OCH3 is 1. The molecule has 16 heavy (non-hydrogen) atoms. The molecule has 1 saturated heterocycles. The van der Waals surface area contributed by atoms with E-state index in [9.17, 15) is 4.79 Å². The molecule has 4 nitrogen and oxygen atoms in total. The Hall–Kier alpha value is -1.29. The van der Waals surface area contributed by atoms with E-state index >= 15 is 0 Å². The summed E-state index contributed by atoms with van der Waals surface area (Å²) in [5.41, 5.74) is 0. The molecule has 86 valence electrons. The monoisotopic (exact) mass is 240 g/mol. The first-order chi connectivity index (χ1) is 7.70. The zero-order valence-electron chi connectivity index (χ0n) is 9.02. The van der Waals surface area contributed by atoms with E-state index in [2.05, 4.69) is 9.88 Å². The molecule has 0 N–H and O–H groups in total. The fraction of sp³-hybridized carbons (Fsp3) is 0.455. The van der Waals surface area contributed by atoms with Gasteiger partial charge in [0.1, 0.15) is 5.82 Å². The molecule has 5 heteroatoms. The van der Waals surface area contributed by atoms with Crippen LogP contribution in [-0.4, -0.2) is 31.2 Å². The highest BCUT2D eigenvalue weighted by Crippen LogP contribution is 2.23. The number of hydrogen-bond donors (Lipinski definition) is 0. The molecule has 0 aliphatic carbocycles. The van der Waals surface area contributed by atoms with Gasteiger partial charge in [0.25, 0.3) is 0 Å². The van der Waals surface area contributed by atoms with Crippen LogP contribution in [0.25, 0.3) is 0 Å². The molecule has 0 radical (unpaired) electrons. The van der Waals surface area contributed by atoms with Crippen molar-refractivity contribution in [2.75, 3.05) is 25.1 Å². The number of aromatic nitrogens is 1. The smallest absolute Gasteiger partial charge is 0.310 e. The van der Waals surface area contributed by atoms with E-state index < -0.39 is 0 Å². The van der Waals surface area contributed by atoms with Crippen LogP contribution in [0.2, 0.25) is 5.02 Å². The van der Waals surface area contributed by atoms with Gasteiger partial charge in [0.15, 0.2) is 0 Å². The summed E-state index contributed by atoms with van der Waals surface area (Å²) in [6.45, 7) is 1.50. The molecule has 2 heterocycles. The summed E-state index contributed by atoms with van der Waals surface area (Å²) < 4.78 is 4.73. The van der Waals surface area contributed by atoms with Crippen molar-refractivity contribution in [2.45, 2.75) is 6.42 Å². The van der Waals surface area contributed by atoms with Crippen LogP contribution in [0.1, 0.15) is 6.42 Å². The number of halogens is 1. The second kappa shape index (κ2) is 4.70. The van der Waals surface area contributed by atoms with Crippen LogP contribution >= 0.6 is 11.6 Å². The topological polar surface area (TPSA) is 42.4 Å². The van der Waals surface area contributed by atoms with Crippen LogP contribution in [-0.2, 0) is 9.53 Å². The zero-order valence-corrected chi connectivity index (χ0v) is 9.78. The van der Waals surface area contributed by atoms with Crippen molar-refractivity contribution in [3.63, 3.8) is 0 Å². The molecule has 1 aromatic heterocycles. The third-order valence-electron chi connectivity index (χ3n) is 2.76. The first-order valence-electron chi connectivity index (χ1n) is 5.15. The fourth-order valence-electron chi connectivity index (χ4n) is 1.88. The van der Waals surface area contributed by atoms with E-state index in [-0.39, 0.29) is 11.9 Å². The maximum absolute atomic E-state index is 11.4. The van der Waals surface area contributed by atoms with Gasteiger partial charge in [0.2, 0.25) is 0 Å². The molecule has 1 atom stereocenters. The van der Waals surface area contributed by atoms with Crippen molar-refractivity contribution >= 4 is 23.4 Å². The van der Waals surface area contributed by atoms with Crippen molar-refractivity contribution in [3.8, 4) is 0 Å². The van der Waals surface area contributed by atoms with Crippen LogP contribution in [0.4, 0.5) is 5.82 Å². The molecular weight excluding hydrogens is 228 g/mol. The second-order valence-corrected chi connectivity index (χ2v) is 4.23. The quantitative estimate of drug-likeness (QED) is 0.739. The lowest BCUT2D eigenvalue weighted by atomic mass is 10.1. The molecule has 1 aliphatic rings. The average Bonchev–Trinajstić information content (AvgIpc) is 2.78. The SMILES string of the molecule is COC(=O)C1CCN(c2ccc(Cl)cn2)C1. The molecule has 0 aromatic carbocycles. The predicted molar refractivity (Wildman–Crippen MR) is 61.6 cm³/mol. The summed E-state index contributed by atoms with van der Waals surface area (Å²) >= 11 is 5.76. The van der Waals surface area contributed by atoms with Crippen molar-refractivity contribution in [3.05, 3.63) is 23.4 Å². The van der Waals surface area contributed by atoms with E-state index in [0.717, 1.165) is 18.8 Å². The summed E-state index contributed by atoms with van der Waals surface area (Å²) in [5.74, 6) is 0.676. The van der Waals surface area contributed by atoms with Crippen LogP contribution in [0.3, 0.4) is 0 Å². The number of hydrogen-bond acceptors (Lipinski definition) is 4. The maximum Gasteiger partial charge on any atom is 0.310 e. The number of ether oxygens (including phenoxy) is 1. The lowest BCUT2D eigenvalue weighted by Gasteiger charge is -2.16. The number of esters is 1. The lowest BCUT2D eigenvalue weighted by Crippen LogP contribution is -2.24. The van der Waals surface area contributed by atoms with Gasteiger partial charge in [-0.1, -0.05) is 11.6 Å². The third-order valence-corrected chi connectivity index (χ3v) is 2.98. The first-order valence-corrected chi connectivity index (χ1v) is 5.53. The van der Waals surface area contributed by atoms with Gasteiger partial charge in [-0.05, 0) is 18.6 Å². The molecular formula is C11H13ClN2O2. The Morgan fingerprint density at radius 2 is 2.44 bits per heavy atom. The molecule has 1 aromatic rings. The van der Waals surface area contributed by atoms with Gasteiger partial charge in [0, 0.05) is 19.3 Å². The molecule has 2 rings (SSSR count). The van der Waals surface area contributed by atoms with E-state index in [1.807, 2.05) is 6.07 Å². The summed E-state index contributed by atoms with van der Waals surface area (Å²) in [6.07, 6.45) is 2.43. The summed E-state index contributed by atoms with van der Waals surface area (Å²) in [7, 11) is 1.42. The Labute approximate surface area is 99.2 Å². The average molecular weight is 241 g/mol. The summed E-state index contributed by atoms with van der Waals surface area (Å²) in [6, 6.07) is 3.66. The lowest BCUT2D eigenvalue weighted by molar-refractivity contribution is -0.144. The standard InChI is InChI=1S/C11H13ClN2O2/c1-16-11(15)8-4-5-14(7-8)10-3-2-9(12)6-13-10/h2-3,6,8H,4-5,7H2,1H3. The largest absolute Gasteiger partial charge is 0.469 e. The number of carbonyl (C=O) groups is 1. The van der Waals surface area contributed by atoms with E-state index in [4.69, 9.17) is 16.3 Å². The minimum absolute atomic E-state index is 0.0394. The molecule has 1 unspecified atom stereocenters. The van der Waals surface area contributed by atoms with Crippen LogP contribution < -0.4 is 4.90 Å². The predicted octanol–water partition coefficient (Wildman–Crippen LogP) is 1.73. The van der Waals surface area contributed by atoms with Gasteiger partial charge < -0.3 is 9.64 Å². The van der Waals surface area contributed by atoms with Crippen molar-refractivity contribution < 1.29 is 9.53 Å². The Bertz CT molecular complexity index is 380. The van der Waals surface area contributed by atoms with Crippen LogP contribution in [0.5, 0.6) is 0 Å². The highest BCUT2D eigenvalue weighted by atomic mass is 35.5. The first kappa shape index (κ1) is 11.2. The number of rotatable bonds is 2. The van der Waals surface area contributed by atoms with Crippen LogP contribution in [0.15, 0.2) is 18.3 Å². The van der Waals surface area contributed by atoms with Crippen LogP contribution in [0, 0.1) is 5.92 Å². The highest BCUT2D eigenvalue weighted by Gasteiger charge is 2.29. The van der Waals surface area contributed by atoms with Gasteiger partial charge >= 0.3 is 5.97 Å². The molecule has 0 bridgehead atoms. The van der Waals surface area contributed by atoms with Gasteiger partial charge in [-0.25, -0.2) is 4.98 Å². The highest BCUT2D eigenvalue weighted by molar-refractivity contribution is 6.30. The Morgan fingerprint density at radius 1 is 1.62 bits per heavy atom. The molecule has 0 amide bonds. The molecule has 1 aliphatic heterocycles. The minimum atomic E-state index is -0.142. The fourth-order valence-corrected chi connectivity index (χ4v) is 1.99. The summed E-state index contributed by atoms with van der Waals surface area (Å²) in [4.78, 5) is 17.6. The minimum Gasteiger partial charge on any atom is -0.469 e. The normalized spacial score (nSPS) is 19.9. The number of anilines is 1. The Balaban J connectivity index is 2.03. The molecule has 0 saturated carbocycles. The van der Waals surface area contributed by atoms with Crippen molar-refractivity contribution in [1.29, 1.82) is 0 Å². The van der Waals surface area contributed by atoms with Crippen molar-refractivity contribution in [2.24, 2.45) is 5.92 Å². The number of carbonyl (C=O) groups excluding carboxylic acids is 1. The van der Waals surface area contributed by atoms with Gasteiger partial charge in [-0.15, -0.1) is 0 Å². The zero-order chi connectivity index (χ0) is 11.5. The van der Waals surface area contributed by atoms with E-state index in [0.29, 0.717) is 11.6 Å². The second-order valence-electron chi connectivity index (χ2n) is 3.79. The Kier molecular flexibility index (Phi) is 3.29. The molecule has 1 fully saturated rings. The van der Waals surface area contributed by atoms with Gasteiger partial charge in [-0.3, -0.25) is 4.79 Å². The maximum atomic E-state index is 11.4. The van der Waals surface area contributed by atoms with Gasteiger partial charge in [-0.2, -0.15) is 0 Å². The number of pyridine rings is 1. The van der Waals surface area contributed by atoms with Crippen molar-refractivity contribution in [1.82, 2.24) is 4.98 Å². The number of nitrogens with zero attached hydrogens (tertiary/aromatic N) is 2. The molecule has 0 spiro atoms. The van der Waals surface area contributed by atoms with E-state index in [1.54, 1.807) is 12.3 Å². The third kappa shape index (κ3) is 2.27. The Morgan fingerprint density at radius 3 is 3.06 bits per heavy atom. The van der Waals surface area contributed by atoms with E-state index in [1.165, 1.54) is 7.11 Å².